The van der Waals surface area contributed by atoms with Gasteiger partial charge >= 0.3 is 0 Å². The molecule has 0 aromatic carbocycles. The summed E-state index contributed by atoms with van der Waals surface area (Å²) in [5.74, 6) is 1.69. The van der Waals surface area contributed by atoms with Gasteiger partial charge in [0, 0.05) is 36.6 Å². The number of nitrogens with zero attached hydrogens (tertiary/aromatic N) is 2. The van der Waals surface area contributed by atoms with Crippen LogP contribution in [0, 0.1) is 0 Å². The molecule has 1 N–H and O–H groups in total. The summed E-state index contributed by atoms with van der Waals surface area (Å²) in [6.45, 7) is 0.810. The fourth-order valence-corrected chi connectivity index (χ4v) is 1.95. The maximum absolute atomic E-state index is 5.33. The number of anilines is 1. The lowest BCUT2D eigenvalue weighted by molar-refractivity contribution is 0.582. The molecule has 0 bridgehead atoms. The Balaban J connectivity index is 1.56. The Morgan fingerprint density at radius 2 is 2.00 bits per heavy atom. The molecule has 3 aromatic rings. The quantitative estimate of drug-likeness (QED) is 0.768. The molecule has 4 nitrogen and oxygen atoms in total. The average Bonchev–Trinajstić information content (AvgIpc) is 3.03. The van der Waals surface area contributed by atoms with E-state index in [1.807, 2.05) is 54.9 Å². The molecule has 4 heteroatoms. The molecule has 0 fully saturated rings. The molecule has 0 saturated carbocycles. The monoisotopic (exact) mass is 265 g/mol. The predicted molar refractivity (Wildman–Crippen MR) is 78.4 cm³/mol. The van der Waals surface area contributed by atoms with Gasteiger partial charge in [0.25, 0.3) is 0 Å². The van der Waals surface area contributed by atoms with Crippen molar-refractivity contribution in [1.29, 1.82) is 0 Å². The van der Waals surface area contributed by atoms with Gasteiger partial charge < -0.3 is 9.73 Å². The molecule has 0 unspecified atom stereocenters. The topological polar surface area (TPSA) is 51.0 Å². The Labute approximate surface area is 117 Å². The lowest BCUT2D eigenvalue weighted by Crippen LogP contribution is -2.06. The molecule has 0 atom stereocenters. The largest absolute Gasteiger partial charge is 0.464 e. The van der Waals surface area contributed by atoms with Crippen LogP contribution in [0.3, 0.4) is 0 Å². The molecule has 3 rings (SSSR count). The van der Waals surface area contributed by atoms with Crippen LogP contribution in [-0.2, 0) is 6.42 Å². The van der Waals surface area contributed by atoms with E-state index in [2.05, 4.69) is 15.3 Å². The van der Waals surface area contributed by atoms with Gasteiger partial charge in [0.1, 0.15) is 11.6 Å². The molecule has 0 aliphatic heterocycles. The standard InChI is InChI=1S/C16H15N3O/c1-2-9-17-14(4-1)8-10-18-16-7-6-13(12-19-16)15-5-3-11-20-15/h1-7,9,11-12H,8,10H2,(H,18,19). The van der Waals surface area contributed by atoms with Crippen molar-refractivity contribution in [3.05, 3.63) is 66.8 Å². The zero-order chi connectivity index (χ0) is 13.6. The molecule has 3 aromatic heterocycles. The van der Waals surface area contributed by atoms with Crippen LogP contribution in [0.1, 0.15) is 5.69 Å². The molecule has 0 aliphatic rings. The molecular weight excluding hydrogens is 250 g/mol. The molecule has 0 radical (unpaired) electrons. The van der Waals surface area contributed by atoms with Crippen molar-refractivity contribution in [3.8, 4) is 11.3 Å². The highest BCUT2D eigenvalue weighted by molar-refractivity contribution is 5.57. The summed E-state index contributed by atoms with van der Waals surface area (Å²) in [5, 5.41) is 3.28. The molecule has 0 amide bonds. The Hall–Kier alpha value is -2.62. The van der Waals surface area contributed by atoms with Gasteiger partial charge in [-0.15, -0.1) is 0 Å². The third-order valence-corrected chi connectivity index (χ3v) is 2.98. The zero-order valence-corrected chi connectivity index (χ0v) is 11.0. The van der Waals surface area contributed by atoms with Gasteiger partial charge in [-0.2, -0.15) is 0 Å². The maximum atomic E-state index is 5.33. The van der Waals surface area contributed by atoms with Crippen LogP contribution in [-0.4, -0.2) is 16.5 Å². The van der Waals surface area contributed by atoms with E-state index in [0.717, 1.165) is 35.8 Å². The highest BCUT2D eigenvalue weighted by Crippen LogP contribution is 2.19. The van der Waals surface area contributed by atoms with Gasteiger partial charge in [-0.3, -0.25) is 4.98 Å². The molecule has 100 valence electrons. The van der Waals surface area contributed by atoms with E-state index >= 15 is 0 Å². The molecule has 0 spiro atoms. The van der Waals surface area contributed by atoms with Crippen molar-refractivity contribution in [2.24, 2.45) is 0 Å². The van der Waals surface area contributed by atoms with Crippen molar-refractivity contribution in [2.45, 2.75) is 6.42 Å². The van der Waals surface area contributed by atoms with E-state index < -0.39 is 0 Å². The lowest BCUT2D eigenvalue weighted by atomic mass is 10.2. The lowest BCUT2D eigenvalue weighted by Gasteiger charge is -2.05. The number of nitrogens with one attached hydrogen (secondary N) is 1. The second-order valence-corrected chi connectivity index (χ2v) is 4.41. The number of pyridine rings is 2. The Kier molecular flexibility index (Phi) is 3.73. The second-order valence-electron chi connectivity index (χ2n) is 4.41. The van der Waals surface area contributed by atoms with Crippen LogP contribution in [0.15, 0.2) is 65.5 Å². The van der Waals surface area contributed by atoms with E-state index in [-0.39, 0.29) is 0 Å². The van der Waals surface area contributed by atoms with Crippen LogP contribution in [0.25, 0.3) is 11.3 Å². The van der Waals surface area contributed by atoms with Crippen molar-refractivity contribution >= 4 is 5.82 Å². The molecule has 0 saturated heterocycles. The van der Waals surface area contributed by atoms with Crippen LogP contribution in [0.5, 0.6) is 0 Å². The first-order valence-electron chi connectivity index (χ1n) is 6.55. The minimum absolute atomic E-state index is 0.810. The van der Waals surface area contributed by atoms with Gasteiger partial charge in [0.2, 0.25) is 0 Å². The van der Waals surface area contributed by atoms with E-state index in [0.29, 0.717) is 0 Å². The number of hydrogen-bond donors (Lipinski definition) is 1. The van der Waals surface area contributed by atoms with Gasteiger partial charge in [-0.25, -0.2) is 4.98 Å². The summed E-state index contributed by atoms with van der Waals surface area (Å²) >= 11 is 0. The molecular formula is C16H15N3O. The summed E-state index contributed by atoms with van der Waals surface area (Å²) in [6.07, 6.45) is 6.16. The average molecular weight is 265 g/mol. The fourth-order valence-electron chi connectivity index (χ4n) is 1.95. The highest BCUT2D eigenvalue weighted by Gasteiger charge is 2.01. The summed E-state index contributed by atoms with van der Waals surface area (Å²) in [5.41, 5.74) is 2.05. The summed E-state index contributed by atoms with van der Waals surface area (Å²) in [7, 11) is 0. The van der Waals surface area contributed by atoms with E-state index in [9.17, 15) is 0 Å². The first-order valence-corrected chi connectivity index (χ1v) is 6.55. The predicted octanol–water partition coefficient (Wildman–Crippen LogP) is 3.39. The van der Waals surface area contributed by atoms with Gasteiger partial charge in [0.05, 0.1) is 6.26 Å². The number of hydrogen-bond acceptors (Lipinski definition) is 4. The second kappa shape index (κ2) is 6.02. The van der Waals surface area contributed by atoms with Crippen LogP contribution in [0.4, 0.5) is 5.82 Å². The fraction of sp³-hybridized carbons (Fsp3) is 0.125. The summed E-state index contributed by atoms with van der Waals surface area (Å²) < 4.78 is 5.33. The van der Waals surface area contributed by atoms with E-state index in [1.54, 1.807) is 6.26 Å². The number of rotatable bonds is 5. The first kappa shape index (κ1) is 12.4. The van der Waals surface area contributed by atoms with Gasteiger partial charge in [0.15, 0.2) is 0 Å². The number of aromatic nitrogens is 2. The minimum Gasteiger partial charge on any atom is -0.464 e. The minimum atomic E-state index is 0.810. The van der Waals surface area contributed by atoms with Gasteiger partial charge in [-0.05, 0) is 36.4 Å². The Morgan fingerprint density at radius 1 is 1.00 bits per heavy atom. The Bertz CT molecular complexity index is 633. The highest BCUT2D eigenvalue weighted by atomic mass is 16.3. The van der Waals surface area contributed by atoms with Gasteiger partial charge in [-0.1, -0.05) is 6.07 Å². The van der Waals surface area contributed by atoms with Crippen molar-refractivity contribution in [1.82, 2.24) is 9.97 Å². The van der Waals surface area contributed by atoms with Crippen molar-refractivity contribution < 1.29 is 4.42 Å². The summed E-state index contributed by atoms with van der Waals surface area (Å²) in [4.78, 5) is 8.66. The molecule has 3 heterocycles. The number of furan rings is 1. The van der Waals surface area contributed by atoms with E-state index in [1.165, 1.54) is 0 Å². The first-order chi connectivity index (χ1) is 9.92. The molecule has 0 aliphatic carbocycles. The summed E-state index contributed by atoms with van der Waals surface area (Å²) in [6, 6.07) is 13.7. The zero-order valence-electron chi connectivity index (χ0n) is 11.0. The van der Waals surface area contributed by atoms with Crippen LogP contribution >= 0.6 is 0 Å². The SMILES string of the molecule is c1ccc(CCNc2ccc(-c3ccco3)cn2)nc1. The van der Waals surface area contributed by atoms with Crippen molar-refractivity contribution in [2.75, 3.05) is 11.9 Å². The maximum Gasteiger partial charge on any atom is 0.135 e. The normalized spacial score (nSPS) is 10.4. The third kappa shape index (κ3) is 3.03. The van der Waals surface area contributed by atoms with E-state index in [4.69, 9.17) is 4.42 Å². The smallest absolute Gasteiger partial charge is 0.135 e. The molecule has 20 heavy (non-hydrogen) atoms. The van der Waals surface area contributed by atoms with Crippen LogP contribution in [0.2, 0.25) is 0 Å². The Morgan fingerprint density at radius 3 is 2.70 bits per heavy atom. The van der Waals surface area contributed by atoms with Crippen LogP contribution < -0.4 is 5.32 Å². The third-order valence-electron chi connectivity index (χ3n) is 2.98. The van der Waals surface area contributed by atoms with Crippen molar-refractivity contribution in [3.63, 3.8) is 0 Å².